The Bertz CT molecular complexity index is 538. The molecular formula is C15H13F3O2. The molecular weight excluding hydrogens is 269 g/mol. The number of alkyl halides is 3. The van der Waals surface area contributed by atoms with Crippen LogP contribution in [0.1, 0.15) is 13.3 Å². The van der Waals surface area contributed by atoms with Gasteiger partial charge < -0.3 is 0 Å². The highest BCUT2D eigenvalue weighted by Gasteiger charge is 2.38. The molecule has 0 aromatic heterocycles. The molecule has 0 aliphatic heterocycles. The van der Waals surface area contributed by atoms with E-state index in [4.69, 9.17) is 0 Å². The van der Waals surface area contributed by atoms with Crippen LogP contribution in [0.2, 0.25) is 0 Å². The minimum atomic E-state index is -4.87. The third-order valence-electron chi connectivity index (χ3n) is 2.38. The summed E-state index contributed by atoms with van der Waals surface area (Å²) in [6, 6.07) is 16.7. The molecule has 2 rings (SSSR count). The van der Waals surface area contributed by atoms with Crippen molar-refractivity contribution < 1.29 is 22.8 Å². The van der Waals surface area contributed by atoms with Crippen LogP contribution in [-0.4, -0.2) is 17.7 Å². The van der Waals surface area contributed by atoms with Gasteiger partial charge in [0.1, 0.15) is 5.78 Å². The summed E-state index contributed by atoms with van der Waals surface area (Å²) in [5.74, 6) is -2.76. The van der Waals surface area contributed by atoms with Crippen molar-refractivity contribution >= 4 is 22.3 Å². The van der Waals surface area contributed by atoms with Gasteiger partial charge in [-0.3, -0.25) is 9.59 Å². The van der Waals surface area contributed by atoms with Crippen LogP contribution in [0.5, 0.6) is 0 Å². The zero-order valence-electron chi connectivity index (χ0n) is 10.8. The Hall–Kier alpha value is -2.17. The first-order valence-corrected chi connectivity index (χ1v) is 5.84. The minimum absolute atomic E-state index is 0.776. The van der Waals surface area contributed by atoms with Crippen molar-refractivity contribution in [2.24, 2.45) is 0 Å². The Labute approximate surface area is 114 Å². The van der Waals surface area contributed by atoms with Crippen molar-refractivity contribution in [3.05, 3.63) is 48.5 Å². The van der Waals surface area contributed by atoms with E-state index in [0.29, 0.717) is 0 Å². The summed E-state index contributed by atoms with van der Waals surface area (Å²) in [6.07, 6.45) is -5.92. The lowest BCUT2D eigenvalue weighted by Crippen LogP contribution is -2.24. The van der Waals surface area contributed by atoms with E-state index in [1.165, 1.54) is 10.8 Å². The van der Waals surface area contributed by atoms with Gasteiger partial charge in [-0.25, -0.2) is 0 Å². The average Bonchev–Trinajstić information content (AvgIpc) is 2.38. The fourth-order valence-corrected chi connectivity index (χ4v) is 1.46. The van der Waals surface area contributed by atoms with Gasteiger partial charge in [-0.15, -0.1) is 0 Å². The molecule has 0 saturated carbocycles. The minimum Gasteiger partial charge on any atom is -0.300 e. The second-order valence-electron chi connectivity index (χ2n) is 4.15. The predicted octanol–water partition coefficient (Wildman–Crippen LogP) is 3.94. The quantitative estimate of drug-likeness (QED) is 0.782. The smallest absolute Gasteiger partial charge is 0.300 e. The highest BCUT2D eigenvalue weighted by molar-refractivity contribution is 6.00. The number of carbonyl (C=O) groups is 2. The van der Waals surface area contributed by atoms with E-state index in [9.17, 15) is 22.8 Å². The van der Waals surface area contributed by atoms with Gasteiger partial charge in [-0.1, -0.05) is 48.5 Å². The second kappa shape index (κ2) is 6.84. The predicted molar refractivity (Wildman–Crippen MR) is 70.3 cm³/mol. The molecule has 106 valence electrons. The number of carbonyl (C=O) groups excluding carboxylic acids is 2. The average molecular weight is 282 g/mol. The van der Waals surface area contributed by atoms with Crippen molar-refractivity contribution in [1.29, 1.82) is 0 Å². The molecule has 0 atom stereocenters. The van der Waals surface area contributed by atoms with Gasteiger partial charge in [0.25, 0.3) is 0 Å². The van der Waals surface area contributed by atoms with Gasteiger partial charge in [-0.2, -0.15) is 13.2 Å². The van der Waals surface area contributed by atoms with Gasteiger partial charge >= 0.3 is 6.18 Å². The van der Waals surface area contributed by atoms with Gasteiger partial charge in [-0.05, 0) is 17.7 Å². The Morgan fingerprint density at radius 3 is 1.45 bits per heavy atom. The van der Waals surface area contributed by atoms with Gasteiger partial charge in [0.15, 0.2) is 0 Å². The molecule has 0 aliphatic carbocycles. The van der Waals surface area contributed by atoms with Crippen molar-refractivity contribution in [1.82, 2.24) is 0 Å². The lowest BCUT2D eigenvalue weighted by atomic mass is 10.1. The fraction of sp³-hybridized carbons (Fsp3) is 0.200. The van der Waals surface area contributed by atoms with Gasteiger partial charge in [0, 0.05) is 0 Å². The number of Topliss-reactive ketones (excluding diaryl/α,β-unsaturated/α-hetero) is 2. The maximum Gasteiger partial charge on any atom is 0.450 e. The zero-order valence-corrected chi connectivity index (χ0v) is 10.8. The molecule has 20 heavy (non-hydrogen) atoms. The highest BCUT2D eigenvalue weighted by atomic mass is 19.4. The van der Waals surface area contributed by atoms with Crippen LogP contribution in [0, 0.1) is 0 Å². The summed E-state index contributed by atoms with van der Waals surface area (Å²) in [4.78, 5) is 19.9. The van der Waals surface area contributed by atoms with E-state index in [2.05, 4.69) is 48.5 Å². The summed E-state index contributed by atoms with van der Waals surface area (Å²) >= 11 is 0. The number of halogens is 3. The van der Waals surface area contributed by atoms with Crippen LogP contribution in [0.4, 0.5) is 13.2 Å². The van der Waals surface area contributed by atoms with Crippen molar-refractivity contribution in [3.63, 3.8) is 0 Å². The number of hydrogen-bond acceptors (Lipinski definition) is 2. The van der Waals surface area contributed by atoms with E-state index >= 15 is 0 Å². The number of fused-ring (bicyclic) bond motifs is 1. The maximum atomic E-state index is 11.3. The normalized spacial score (nSPS) is 10.6. The van der Waals surface area contributed by atoms with Gasteiger partial charge in [0.05, 0.1) is 6.42 Å². The van der Waals surface area contributed by atoms with Gasteiger partial charge in [0.2, 0.25) is 5.78 Å². The summed E-state index contributed by atoms with van der Waals surface area (Å²) in [5.41, 5.74) is 0. The first-order valence-electron chi connectivity index (χ1n) is 5.84. The van der Waals surface area contributed by atoms with Crippen molar-refractivity contribution in [3.8, 4) is 0 Å². The molecule has 5 heteroatoms. The lowest BCUT2D eigenvalue weighted by molar-refractivity contribution is -0.171. The van der Waals surface area contributed by atoms with Crippen LogP contribution >= 0.6 is 0 Å². The number of hydrogen-bond donors (Lipinski definition) is 0. The van der Waals surface area contributed by atoms with Crippen LogP contribution in [0.15, 0.2) is 48.5 Å². The van der Waals surface area contributed by atoms with E-state index < -0.39 is 24.2 Å². The molecule has 2 aromatic rings. The topological polar surface area (TPSA) is 34.1 Å². The van der Waals surface area contributed by atoms with E-state index in [0.717, 1.165) is 6.92 Å². The van der Waals surface area contributed by atoms with Crippen LogP contribution < -0.4 is 0 Å². The molecule has 0 aliphatic rings. The molecule has 0 radical (unpaired) electrons. The Balaban J connectivity index is 0.000000200. The molecule has 2 aromatic carbocycles. The second-order valence-corrected chi connectivity index (χ2v) is 4.15. The fourth-order valence-electron chi connectivity index (χ4n) is 1.46. The molecule has 0 heterocycles. The van der Waals surface area contributed by atoms with Crippen molar-refractivity contribution in [2.45, 2.75) is 19.5 Å². The first-order chi connectivity index (χ1) is 9.30. The number of benzene rings is 2. The number of ketones is 2. The molecule has 0 N–H and O–H groups in total. The highest BCUT2D eigenvalue weighted by Crippen LogP contribution is 2.17. The molecule has 0 fully saturated rings. The van der Waals surface area contributed by atoms with E-state index in [1.54, 1.807) is 0 Å². The molecule has 0 bridgehead atoms. The molecule has 0 spiro atoms. The Morgan fingerprint density at radius 2 is 1.25 bits per heavy atom. The SMILES string of the molecule is CC(=O)CC(=O)C(F)(F)F.c1ccc2ccccc2c1. The monoisotopic (exact) mass is 282 g/mol. The lowest BCUT2D eigenvalue weighted by Gasteiger charge is -2.00. The summed E-state index contributed by atoms with van der Waals surface area (Å²) in [7, 11) is 0. The van der Waals surface area contributed by atoms with Crippen LogP contribution in [0.3, 0.4) is 0 Å². The van der Waals surface area contributed by atoms with Crippen LogP contribution in [0.25, 0.3) is 10.8 Å². The van der Waals surface area contributed by atoms with E-state index in [1.807, 2.05) is 0 Å². The van der Waals surface area contributed by atoms with E-state index in [-0.39, 0.29) is 0 Å². The molecule has 0 unspecified atom stereocenters. The summed E-state index contributed by atoms with van der Waals surface area (Å²) < 4.78 is 33.9. The largest absolute Gasteiger partial charge is 0.450 e. The Kier molecular flexibility index (Phi) is 5.43. The summed E-state index contributed by atoms with van der Waals surface area (Å²) in [6.45, 7) is 0.934. The third-order valence-corrected chi connectivity index (χ3v) is 2.38. The molecule has 0 saturated heterocycles. The Morgan fingerprint density at radius 1 is 0.900 bits per heavy atom. The standard InChI is InChI=1S/C10H8.C5H5F3O2/c1-2-6-10-8-4-3-7-9(10)5-1;1-3(9)2-4(10)5(6,7)8/h1-8H;2H2,1H3. The maximum absolute atomic E-state index is 11.3. The molecule has 2 nitrogen and oxygen atoms in total. The van der Waals surface area contributed by atoms with Crippen LogP contribution in [-0.2, 0) is 9.59 Å². The number of rotatable bonds is 2. The summed E-state index contributed by atoms with van der Waals surface area (Å²) in [5, 5.41) is 2.62. The third kappa shape index (κ3) is 5.22. The van der Waals surface area contributed by atoms with Crippen molar-refractivity contribution in [2.75, 3.05) is 0 Å². The zero-order chi connectivity index (χ0) is 15.2. The first kappa shape index (κ1) is 15.9. The molecule has 0 amide bonds.